The Bertz CT molecular complexity index is 234. The highest BCUT2D eigenvalue weighted by atomic mass is 16.5. The first-order valence-corrected chi connectivity index (χ1v) is 4.72. The molecule has 2 aliphatic heterocycles. The Morgan fingerprint density at radius 3 is 2.33 bits per heavy atom. The predicted octanol–water partition coefficient (Wildman–Crippen LogP) is 1.92. The van der Waals surface area contributed by atoms with E-state index in [1.807, 2.05) is 6.92 Å². The molecule has 1 unspecified atom stereocenters. The van der Waals surface area contributed by atoms with E-state index >= 15 is 0 Å². The van der Waals surface area contributed by atoms with Crippen molar-refractivity contribution in [2.24, 2.45) is 5.92 Å². The van der Waals surface area contributed by atoms with Gasteiger partial charge in [0.2, 0.25) is 0 Å². The van der Waals surface area contributed by atoms with Crippen LogP contribution in [0.1, 0.15) is 40.0 Å². The molecule has 0 aromatic carbocycles. The van der Waals surface area contributed by atoms with E-state index in [0.717, 1.165) is 12.8 Å². The number of carbonyl (C=O) groups is 1. The van der Waals surface area contributed by atoms with Gasteiger partial charge in [0.25, 0.3) is 0 Å². The first-order valence-electron chi connectivity index (χ1n) is 4.72. The van der Waals surface area contributed by atoms with E-state index in [1.165, 1.54) is 0 Å². The van der Waals surface area contributed by atoms with Crippen molar-refractivity contribution in [1.29, 1.82) is 0 Å². The van der Waals surface area contributed by atoms with Crippen LogP contribution in [-0.4, -0.2) is 17.0 Å². The molecule has 0 aromatic rings. The largest absolute Gasteiger partial charge is 0.360 e. The van der Waals surface area contributed by atoms with Gasteiger partial charge in [-0.2, -0.15) is 0 Å². The average molecular weight is 168 g/mol. The van der Waals surface area contributed by atoms with Gasteiger partial charge in [-0.05, 0) is 25.7 Å². The molecule has 2 aliphatic rings. The van der Waals surface area contributed by atoms with Gasteiger partial charge < -0.3 is 4.74 Å². The molecule has 0 spiro atoms. The second-order valence-electron chi connectivity index (χ2n) is 4.65. The van der Waals surface area contributed by atoms with Crippen molar-refractivity contribution in [2.75, 3.05) is 0 Å². The summed E-state index contributed by atoms with van der Waals surface area (Å²) in [7, 11) is 0. The average Bonchev–Trinajstić information content (AvgIpc) is 2.41. The quantitative estimate of drug-likeness (QED) is 0.598. The number of hydrogen-bond donors (Lipinski definition) is 0. The fraction of sp³-hybridized carbons (Fsp3) is 0.900. The second kappa shape index (κ2) is 2.11. The minimum atomic E-state index is -0.426. The maximum atomic E-state index is 11.5. The summed E-state index contributed by atoms with van der Waals surface area (Å²) in [6.07, 6.45) is 2.62. The normalized spacial score (nSPS) is 46.2. The summed E-state index contributed by atoms with van der Waals surface area (Å²) in [6.45, 7) is 6.22. The van der Waals surface area contributed by atoms with Gasteiger partial charge in [-0.1, -0.05) is 13.8 Å². The van der Waals surface area contributed by atoms with Crippen LogP contribution in [0, 0.1) is 5.92 Å². The predicted molar refractivity (Wildman–Crippen MR) is 45.9 cm³/mol. The third kappa shape index (κ3) is 0.817. The zero-order chi connectivity index (χ0) is 8.98. The Balaban J connectivity index is 2.31. The van der Waals surface area contributed by atoms with Gasteiger partial charge in [0.1, 0.15) is 5.60 Å². The Kier molecular flexibility index (Phi) is 1.45. The maximum Gasteiger partial charge on any atom is 0.167 e. The van der Waals surface area contributed by atoms with Crippen molar-refractivity contribution in [1.82, 2.24) is 0 Å². The molecule has 2 saturated heterocycles. The van der Waals surface area contributed by atoms with Crippen molar-refractivity contribution in [3.05, 3.63) is 0 Å². The van der Waals surface area contributed by atoms with Crippen molar-refractivity contribution >= 4 is 5.78 Å². The maximum absolute atomic E-state index is 11.5. The highest BCUT2D eigenvalue weighted by molar-refractivity contribution is 5.91. The molecule has 2 fully saturated rings. The summed E-state index contributed by atoms with van der Waals surface area (Å²) < 4.78 is 5.87. The third-order valence-electron chi connectivity index (χ3n) is 3.56. The molecular weight excluding hydrogens is 152 g/mol. The van der Waals surface area contributed by atoms with Crippen LogP contribution in [0.4, 0.5) is 0 Å². The summed E-state index contributed by atoms with van der Waals surface area (Å²) in [4.78, 5) is 11.5. The van der Waals surface area contributed by atoms with E-state index in [9.17, 15) is 4.79 Å². The van der Waals surface area contributed by atoms with Gasteiger partial charge in [0, 0.05) is 6.42 Å². The van der Waals surface area contributed by atoms with Crippen LogP contribution in [0.2, 0.25) is 0 Å². The lowest BCUT2D eigenvalue weighted by Crippen LogP contribution is -2.33. The molecule has 2 rings (SSSR count). The molecule has 0 aliphatic carbocycles. The van der Waals surface area contributed by atoms with Gasteiger partial charge >= 0.3 is 0 Å². The Morgan fingerprint density at radius 2 is 2.08 bits per heavy atom. The molecule has 12 heavy (non-hydrogen) atoms. The van der Waals surface area contributed by atoms with Crippen LogP contribution in [0.25, 0.3) is 0 Å². The summed E-state index contributed by atoms with van der Waals surface area (Å²) in [6, 6.07) is 0. The van der Waals surface area contributed by atoms with E-state index in [1.54, 1.807) is 0 Å². The van der Waals surface area contributed by atoms with Gasteiger partial charge in [-0.3, -0.25) is 4.79 Å². The number of carbonyl (C=O) groups excluding carboxylic acids is 1. The number of Topliss-reactive ketones (excluding diaryl/α,β-unsaturated/α-hetero) is 1. The van der Waals surface area contributed by atoms with Crippen molar-refractivity contribution in [3.8, 4) is 0 Å². The van der Waals surface area contributed by atoms with Crippen LogP contribution in [0.3, 0.4) is 0 Å². The number of fused-ring (bicyclic) bond motifs is 2. The first-order chi connectivity index (χ1) is 5.49. The third-order valence-corrected chi connectivity index (χ3v) is 3.56. The summed E-state index contributed by atoms with van der Waals surface area (Å²) in [5.74, 6) is 0.772. The van der Waals surface area contributed by atoms with E-state index in [-0.39, 0.29) is 5.60 Å². The lowest BCUT2D eigenvalue weighted by atomic mass is 9.77. The van der Waals surface area contributed by atoms with Crippen LogP contribution in [-0.2, 0) is 9.53 Å². The van der Waals surface area contributed by atoms with Gasteiger partial charge in [0.15, 0.2) is 5.78 Å². The minimum Gasteiger partial charge on any atom is -0.360 e. The van der Waals surface area contributed by atoms with Crippen LogP contribution in [0.15, 0.2) is 0 Å². The molecule has 2 bridgehead atoms. The standard InChI is InChI=1S/C10H16O2/c1-7(2)10-5-4-9(3,12-10)8(11)6-10/h7H,4-6H2,1-3H3/t9-,10?/m0/s1. The zero-order valence-electron chi connectivity index (χ0n) is 8.02. The summed E-state index contributed by atoms with van der Waals surface area (Å²) in [5, 5.41) is 0. The molecular formula is C10H16O2. The van der Waals surface area contributed by atoms with E-state index in [4.69, 9.17) is 4.74 Å². The number of ketones is 1. The smallest absolute Gasteiger partial charge is 0.167 e. The van der Waals surface area contributed by atoms with E-state index in [2.05, 4.69) is 13.8 Å². The fourth-order valence-electron chi connectivity index (χ4n) is 2.39. The van der Waals surface area contributed by atoms with Crippen molar-refractivity contribution in [3.63, 3.8) is 0 Å². The molecule has 0 N–H and O–H groups in total. The minimum absolute atomic E-state index is 0.105. The molecule has 0 saturated carbocycles. The van der Waals surface area contributed by atoms with Gasteiger partial charge in [-0.25, -0.2) is 0 Å². The highest BCUT2D eigenvalue weighted by Gasteiger charge is 2.59. The Labute approximate surface area is 73.3 Å². The second-order valence-corrected chi connectivity index (χ2v) is 4.65. The first kappa shape index (κ1) is 8.24. The van der Waals surface area contributed by atoms with Crippen molar-refractivity contribution in [2.45, 2.75) is 51.2 Å². The van der Waals surface area contributed by atoms with E-state index < -0.39 is 5.60 Å². The molecule has 68 valence electrons. The highest BCUT2D eigenvalue weighted by Crippen LogP contribution is 2.51. The van der Waals surface area contributed by atoms with Gasteiger partial charge in [0.05, 0.1) is 5.60 Å². The number of rotatable bonds is 1. The SMILES string of the molecule is CC(C)C12CC[C@](C)(O1)C(=O)C2. The summed E-state index contributed by atoms with van der Waals surface area (Å²) >= 11 is 0. The summed E-state index contributed by atoms with van der Waals surface area (Å²) in [5.41, 5.74) is -0.532. The van der Waals surface area contributed by atoms with Gasteiger partial charge in [-0.15, -0.1) is 0 Å². The monoisotopic (exact) mass is 168 g/mol. The number of hydrogen-bond acceptors (Lipinski definition) is 2. The Hall–Kier alpha value is -0.370. The Morgan fingerprint density at radius 1 is 1.42 bits per heavy atom. The number of ether oxygens (including phenoxy) is 1. The topological polar surface area (TPSA) is 26.3 Å². The molecule has 2 heterocycles. The van der Waals surface area contributed by atoms with Crippen LogP contribution < -0.4 is 0 Å². The zero-order valence-corrected chi connectivity index (χ0v) is 8.02. The molecule has 0 radical (unpaired) electrons. The lowest BCUT2D eigenvalue weighted by Gasteiger charge is -2.27. The lowest BCUT2D eigenvalue weighted by molar-refractivity contribution is -0.130. The van der Waals surface area contributed by atoms with Crippen LogP contribution >= 0.6 is 0 Å². The molecule has 2 atom stereocenters. The molecule has 2 heteroatoms. The van der Waals surface area contributed by atoms with Crippen molar-refractivity contribution < 1.29 is 9.53 Å². The fourth-order valence-corrected chi connectivity index (χ4v) is 2.39. The molecule has 2 nitrogen and oxygen atoms in total. The van der Waals surface area contributed by atoms with Crippen LogP contribution in [0.5, 0.6) is 0 Å². The molecule has 0 amide bonds. The molecule has 0 aromatic heterocycles. The van der Waals surface area contributed by atoms with E-state index in [0.29, 0.717) is 18.1 Å².